The molecule has 0 spiro atoms. The van der Waals surface area contributed by atoms with Gasteiger partial charge in [-0.2, -0.15) is 4.98 Å². The molecule has 0 unspecified atom stereocenters. The molecule has 1 aromatic carbocycles. The number of ether oxygens (including phenoxy) is 1. The number of hydrogen-bond acceptors (Lipinski definition) is 7. The van der Waals surface area contributed by atoms with Gasteiger partial charge in [0.15, 0.2) is 5.65 Å². The normalized spacial score (nSPS) is 21.1. The van der Waals surface area contributed by atoms with E-state index < -0.39 is 11.6 Å². The SMILES string of the molecule is CC(=O)N1CC([C@H]2CN(c3nc(-c4ccc(F)cc4F)c4nc(C)c(C)nc4n3)C[C@H](C)O2)C1. The number of fused-ring (bicyclic) bond motifs is 1. The van der Waals surface area contributed by atoms with E-state index in [1.54, 1.807) is 11.8 Å². The van der Waals surface area contributed by atoms with Crippen LogP contribution in [-0.2, 0) is 9.53 Å². The highest BCUT2D eigenvalue weighted by molar-refractivity contribution is 5.88. The Balaban J connectivity index is 1.55. The first-order valence-electron chi connectivity index (χ1n) is 11.3. The molecule has 5 rings (SSSR count). The molecule has 2 saturated heterocycles. The number of aryl methyl sites for hydroxylation is 2. The summed E-state index contributed by atoms with van der Waals surface area (Å²) in [5.74, 6) is -0.703. The third-order valence-corrected chi connectivity index (χ3v) is 6.57. The lowest BCUT2D eigenvalue weighted by Crippen LogP contribution is -2.60. The van der Waals surface area contributed by atoms with E-state index in [0.717, 1.165) is 11.8 Å². The van der Waals surface area contributed by atoms with Crippen LogP contribution in [0.1, 0.15) is 25.2 Å². The predicted octanol–water partition coefficient (Wildman–Crippen LogP) is 3.05. The van der Waals surface area contributed by atoms with Crippen LogP contribution in [0.2, 0.25) is 0 Å². The largest absolute Gasteiger partial charge is 0.371 e. The number of likely N-dealkylation sites (tertiary alicyclic amines) is 1. The summed E-state index contributed by atoms with van der Waals surface area (Å²) in [7, 11) is 0. The van der Waals surface area contributed by atoms with Gasteiger partial charge in [0.1, 0.15) is 22.8 Å². The van der Waals surface area contributed by atoms with Crippen LogP contribution in [-0.4, -0.2) is 69.1 Å². The van der Waals surface area contributed by atoms with E-state index in [9.17, 15) is 13.6 Å². The molecule has 2 fully saturated rings. The van der Waals surface area contributed by atoms with E-state index in [-0.39, 0.29) is 35.3 Å². The second kappa shape index (κ2) is 8.50. The molecule has 2 atom stereocenters. The van der Waals surface area contributed by atoms with Crippen LogP contribution >= 0.6 is 0 Å². The fourth-order valence-corrected chi connectivity index (χ4v) is 4.53. The standard InChI is InChI=1S/C24H26F2N6O2/c1-12-8-32(11-20(34-12)16-9-31(10-16)15(4)33)24-29-21(18-6-5-17(25)7-19(18)26)22-23(30-24)28-14(3)13(2)27-22/h5-7,12,16,20H,8-11H2,1-4H3/t12-,20+/m0/s1. The summed E-state index contributed by atoms with van der Waals surface area (Å²) < 4.78 is 34.6. The number of morpholine rings is 1. The van der Waals surface area contributed by atoms with Crippen molar-refractivity contribution in [3.8, 4) is 11.3 Å². The van der Waals surface area contributed by atoms with Crippen LogP contribution < -0.4 is 4.90 Å². The highest BCUT2D eigenvalue weighted by Gasteiger charge is 2.40. The Morgan fingerprint density at radius 3 is 2.47 bits per heavy atom. The zero-order valence-corrected chi connectivity index (χ0v) is 19.5. The van der Waals surface area contributed by atoms with Gasteiger partial charge in [-0.05, 0) is 32.9 Å². The number of benzene rings is 1. The number of carbonyl (C=O) groups is 1. The topological polar surface area (TPSA) is 84.3 Å². The molecule has 178 valence electrons. The molecule has 0 N–H and O–H groups in total. The van der Waals surface area contributed by atoms with Crippen molar-refractivity contribution in [3.05, 3.63) is 41.2 Å². The Morgan fingerprint density at radius 2 is 1.76 bits per heavy atom. The number of amides is 1. The van der Waals surface area contributed by atoms with Crippen LogP contribution in [0.15, 0.2) is 18.2 Å². The number of hydrogen-bond donors (Lipinski definition) is 0. The van der Waals surface area contributed by atoms with Gasteiger partial charge < -0.3 is 14.5 Å². The number of aromatic nitrogens is 4. The first-order chi connectivity index (χ1) is 16.2. The van der Waals surface area contributed by atoms with Crippen molar-refractivity contribution in [2.75, 3.05) is 31.1 Å². The summed E-state index contributed by atoms with van der Waals surface area (Å²) in [4.78, 5) is 33.9. The number of halogens is 2. The fourth-order valence-electron chi connectivity index (χ4n) is 4.53. The summed E-state index contributed by atoms with van der Waals surface area (Å²) in [6.07, 6.45) is -0.170. The van der Waals surface area contributed by atoms with Gasteiger partial charge in [-0.1, -0.05) is 0 Å². The van der Waals surface area contributed by atoms with Crippen LogP contribution in [0.4, 0.5) is 14.7 Å². The molecule has 2 aliphatic heterocycles. The third kappa shape index (κ3) is 4.06. The summed E-state index contributed by atoms with van der Waals surface area (Å²) >= 11 is 0. The van der Waals surface area contributed by atoms with Gasteiger partial charge in [-0.15, -0.1) is 0 Å². The third-order valence-electron chi connectivity index (χ3n) is 6.57. The average Bonchev–Trinajstić information content (AvgIpc) is 2.72. The molecule has 0 saturated carbocycles. The monoisotopic (exact) mass is 468 g/mol. The number of rotatable bonds is 3. The van der Waals surface area contributed by atoms with Gasteiger partial charge in [0, 0.05) is 50.7 Å². The first kappa shape index (κ1) is 22.5. The van der Waals surface area contributed by atoms with Gasteiger partial charge in [-0.25, -0.2) is 23.7 Å². The van der Waals surface area contributed by atoms with E-state index in [1.165, 1.54) is 12.1 Å². The van der Waals surface area contributed by atoms with E-state index in [4.69, 9.17) is 9.72 Å². The molecule has 4 heterocycles. The van der Waals surface area contributed by atoms with Crippen molar-refractivity contribution in [3.63, 3.8) is 0 Å². The van der Waals surface area contributed by atoms with Gasteiger partial charge >= 0.3 is 0 Å². The molecule has 0 radical (unpaired) electrons. The Morgan fingerprint density at radius 1 is 1.03 bits per heavy atom. The quantitative estimate of drug-likeness (QED) is 0.584. The zero-order valence-electron chi connectivity index (χ0n) is 19.5. The highest BCUT2D eigenvalue weighted by Crippen LogP contribution is 2.32. The van der Waals surface area contributed by atoms with Gasteiger partial charge in [0.2, 0.25) is 11.9 Å². The average molecular weight is 469 g/mol. The maximum Gasteiger partial charge on any atom is 0.228 e. The first-order valence-corrected chi connectivity index (χ1v) is 11.3. The lowest BCUT2D eigenvalue weighted by molar-refractivity contribution is -0.142. The lowest BCUT2D eigenvalue weighted by Gasteiger charge is -2.47. The van der Waals surface area contributed by atoms with Crippen molar-refractivity contribution < 1.29 is 18.3 Å². The second-order valence-corrected chi connectivity index (χ2v) is 9.14. The summed E-state index contributed by atoms with van der Waals surface area (Å²) in [6, 6.07) is 3.40. The maximum atomic E-state index is 14.8. The molecule has 0 aliphatic carbocycles. The van der Waals surface area contributed by atoms with Crippen molar-refractivity contribution in [2.24, 2.45) is 5.92 Å². The lowest BCUT2D eigenvalue weighted by atomic mass is 9.92. The minimum atomic E-state index is -0.724. The second-order valence-electron chi connectivity index (χ2n) is 9.14. The summed E-state index contributed by atoms with van der Waals surface area (Å²) in [5, 5.41) is 0. The summed E-state index contributed by atoms with van der Waals surface area (Å²) in [5.41, 5.74) is 2.54. The van der Waals surface area contributed by atoms with E-state index in [1.807, 2.05) is 25.7 Å². The predicted molar refractivity (Wildman–Crippen MR) is 122 cm³/mol. The molecular formula is C24H26F2N6O2. The van der Waals surface area contributed by atoms with E-state index >= 15 is 0 Å². The van der Waals surface area contributed by atoms with Crippen LogP contribution in [0.25, 0.3) is 22.4 Å². The Labute approximate surface area is 196 Å². The van der Waals surface area contributed by atoms with Crippen molar-refractivity contribution in [2.45, 2.75) is 39.9 Å². The smallest absolute Gasteiger partial charge is 0.228 e. The number of carbonyl (C=O) groups excluding carboxylic acids is 1. The summed E-state index contributed by atoms with van der Waals surface area (Å²) in [6.45, 7) is 9.62. The molecule has 10 heteroatoms. The van der Waals surface area contributed by atoms with Crippen molar-refractivity contribution >= 4 is 23.0 Å². The molecule has 2 aromatic heterocycles. The fraction of sp³-hybridized carbons (Fsp3) is 0.458. The van der Waals surface area contributed by atoms with Crippen LogP contribution in [0.3, 0.4) is 0 Å². The zero-order chi connectivity index (χ0) is 24.1. The van der Waals surface area contributed by atoms with Crippen LogP contribution in [0.5, 0.6) is 0 Å². The molecular weight excluding hydrogens is 442 g/mol. The molecule has 3 aromatic rings. The minimum Gasteiger partial charge on any atom is -0.371 e. The van der Waals surface area contributed by atoms with Gasteiger partial charge in [0.25, 0.3) is 0 Å². The van der Waals surface area contributed by atoms with Crippen molar-refractivity contribution in [1.29, 1.82) is 0 Å². The molecule has 8 nitrogen and oxygen atoms in total. The Hall–Kier alpha value is -3.27. The Bertz CT molecular complexity index is 1280. The van der Waals surface area contributed by atoms with Crippen molar-refractivity contribution in [1.82, 2.24) is 24.8 Å². The molecule has 0 bridgehead atoms. The van der Waals surface area contributed by atoms with E-state index in [2.05, 4.69) is 15.0 Å². The molecule has 1 amide bonds. The number of nitrogens with zero attached hydrogens (tertiary/aromatic N) is 6. The van der Waals surface area contributed by atoms with E-state index in [0.29, 0.717) is 49.0 Å². The van der Waals surface area contributed by atoms with Gasteiger partial charge in [0.05, 0.1) is 23.6 Å². The molecule has 2 aliphatic rings. The highest BCUT2D eigenvalue weighted by atomic mass is 19.1. The molecule has 34 heavy (non-hydrogen) atoms. The maximum absolute atomic E-state index is 14.8. The van der Waals surface area contributed by atoms with Gasteiger partial charge in [-0.3, -0.25) is 4.79 Å². The minimum absolute atomic E-state index is 0.0602. The number of anilines is 1. The van der Waals surface area contributed by atoms with Crippen LogP contribution in [0, 0.1) is 31.4 Å². The Kier molecular flexibility index (Phi) is 5.63.